The zero-order chi connectivity index (χ0) is 18.1. The number of imide groups is 1. The van der Waals surface area contributed by atoms with Crippen molar-refractivity contribution in [3.05, 3.63) is 0 Å². The highest BCUT2D eigenvalue weighted by Crippen LogP contribution is 2.38. The average molecular weight is 334 g/mol. The van der Waals surface area contributed by atoms with E-state index in [0.717, 1.165) is 24.2 Å². The molecule has 7 nitrogen and oxygen atoms in total. The van der Waals surface area contributed by atoms with Crippen molar-refractivity contribution in [3.63, 3.8) is 0 Å². The minimum Gasteiger partial charge on any atom is -0.336 e. The SMILES string of the molecule is CC(C)C(C)(C#N)NC(=O)CN1C(=O)NC2(CCCCC2C)C1=O. The van der Waals surface area contributed by atoms with Gasteiger partial charge >= 0.3 is 6.03 Å². The molecule has 1 spiro atoms. The van der Waals surface area contributed by atoms with Gasteiger partial charge in [0.05, 0.1) is 6.07 Å². The molecular weight excluding hydrogens is 308 g/mol. The van der Waals surface area contributed by atoms with Gasteiger partial charge in [0.25, 0.3) is 5.91 Å². The zero-order valence-electron chi connectivity index (χ0n) is 14.8. The Morgan fingerprint density at radius 3 is 2.71 bits per heavy atom. The lowest BCUT2D eigenvalue weighted by Gasteiger charge is -2.36. The maximum Gasteiger partial charge on any atom is 0.325 e. The molecule has 0 bridgehead atoms. The summed E-state index contributed by atoms with van der Waals surface area (Å²) in [5, 5.41) is 14.7. The Morgan fingerprint density at radius 1 is 1.50 bits per heavy atom. The van der Waals surface area contributed by atoms with Crippen LogP contribution in [0, 0.1) is 23.2 Å². The molecule has 3 atom stereocenters. The van der Waals surface area contributed by atoms with Crippen molar-refractivity contribution in [1.29, 1.82) is 5.26 Å². The smallest absolute Gasteiger partial charge is 0.325 e. The first-order valence-electron chi connectivity index (χ1n) is 8.52. The minimum absolute atomic E-state index is 0.0517. The van der Waals surface area contributed by atoms with Crippen LogP contribution in [0.4, 0.5) is 4.79 Å². The van der Waals surface area contributed by atoms with Crippen LogP contribution in [-0.2, 0) is 9.59 Å². The van der Waals surface area contributed by atoms with E-state index in [1.165, 1.54) is 0 Å². The summed E-state index contributed by atoms with van der Waals surface area (Å²) in [5.41, 5.74) is -1.90. The van der Waals surface area contributed by atoms with Crippen LogP contribution < -0.4 is 10.6 Å². The first-order valence-corrected chi connectivity index (χ1v) is 8.52. The summed E-state index contributed by atoms with van der Waals surface area (Å²) in [5.74, 6) is -0.870. The molecule has 2 rings (SSSR count). The van der Waals surface area contributed by atoms with Crippen LogP contribution in [0.3, 0.4) is 0 Å². The Kier molecular flexibility index (Phi) is 4.88. The molecule has 0 aromatic heterocycles. The van der Waals surface area contributed by atoms with E-state index < -0.39 is 23.0 Å². The quantitative estimate of drug-likeness (QED) is 0.761. The van der Waals surface area contributed by atoms with Gasteiger partial charge in [-0.1, -0.05) is 33.6 Å². The summed E-state index contributed by atoms with van der Waals surface area (Å²) in [6, 6.07) is 1.56. The molecule has 2 N–H and O–H groups in total. The molecule has 4 amide bonds. The predicted octanol–water partition coefficient (Wildman–Crippen LogP) is 1.54. The Balaban J connectivity index is 2.10. The fourth-order valence-electron chi connectivity index (χ4n) is 3.41. The zero-order valence-corrected chi connectivity index (χ0v) is 14.8. The van der Waals surface area contributed by atoms with Crippen molar-refractivity contribution in [3.8, 4) is 6.07 Å². The van der Waals surface area contributed by atoms with Crippen molar-refractivity contribution in [2.24, 2.45) is 11.8 Å². The van der Waals surface area contributed by atoms with Crippen molar-refractivity contribution >= 4 is 17.8 Å². The molecule has 1 aliphatic heterocycles. The topological polar surface area (TPSA) is 102 Å². The molecule has 2 fully saturated rings. The number of carbonyl (C=O) groups is 3. The van der Waals surface area contributed by atoms with Crippen LogP contribution in [0.15, 0.2) is 0 Å². The lowest BCUT2D eigenvalue weighted by Crippen LogP contribution is -2.55. The highest BCUT2D eigenvalue weighted by Gasteiger charge is 2.55. The summed E-state index contributed by atoms with van der Waals surface area (Å²) in [7, 11) is 0. The number of rotatable bonds is 4. The van der Waals surface area contributed by atoms with Gasteiger partial charge in [-0.15, -0.1) is 0 Å². The Labute approximate surface area is 142 Å². The molecule has 1 saturated carbocycles. The number of nitrogens with zero attached hydrogens (tertiary/aromatic N) is 2. The first-order chi connectivity index (χ1) is 11.2. The van der Waals surface area contributed by atoms with Crippen LogP contribution >= 0.6 is 0 Å². The maximum absolute atomic E-state index is 12.8. The number of urea groups is 1. The van der Waals surface area contributed by atoms with Crippen LogP contribution in [-0.4, -0.2) is 40.4 Å². The van der Waals surface area contributed by atoms with Gasteiger partial charge < -0.3 is 10.6 Å². The lowest BCUT2D eigenvalue weighted by atomic mass is 9.73. The van der Waals surface area contributed by atoms with Crippen molar-refractivity contribution in [1.82, 2.24) is 15.5 Å². The Morgan fingerprint density at radius 2 is 2.17 bits per heavy atom. The second kappa shape index (κ2) is 6.42. The van der Waals surface area contributed by atoms with Gasteiger partial charge in [-0.05, 0) is 31.6 Å². The predicted molar refractivity (Wildman–Crippen MR) is 87.6 cm³/mol. The van der Waals surface area contributed by atoms with Gasteiger partial charge in [-0.3, -0.25) is 14.5 Å². The Hall–Kier alpha value is -2.10. The second-order valence-electron chi connectivity index (χ2n) is 7.46. The summed E-state index contributed by atoms with van der Waals surface area (Å²) < 4.78 is 0. The van der Waals surface area contributed by atoms with Gasteiger partial charge in [0.15, 0.2) is 0 Å². The number of nitriles is 1. The van der Waals surface area contributed by atoms with Crippen molar-refractivity contribution < 1.29 is 14.4 Å². The van der Waals surface area contributed by atoms with Crippen LogP contribution in [0.1, 0.15) is 53.4 Å². The lowest BCUT2D eigenvalue weighted by molar-refractivity contribution is -0.137. The third-order valence-corrected chi connectivity index (χ3v) is 5.59. The number of nitrogens with one attached hydrogen (secondary N) is 2. The highest BCUT2D eigenvalue weighted by atomic mass is 16.2. The van der Waals surface area contributed by atoms with E-state index in [9.17, 15) is 19.6 Å². The summed E-state index contributed by atoms with van der Waals surface area (Å²) in [4.78, 5) is 38.3. The van der Waals surface area contributed by atoms with E-state index in [1.54, 1.807) is 6.92 Å². The van der Waals surface area contributed by atoms with Crippen LogP contribution in [0.2, 0.25) is 0 Å². The monoisotopic (exact) mass is 334 g/mol. The first kappa shape index (κ1) is 18.2. The molecule has 1 aliphatic carbocycles. The second-order valence-corrected chi connectivity index (χ2v) is 7.46. The molecule has 24 heavy (non-hydrogen) atoms. The minimum atomic E-state index is -1.04. The number of carbonyl (C=O) groups excluding carboxylic acids is 3. The third-order valence-electron chi connectivity index (χ3n) is 5.59. The maximum atomic E-state index is 12.8. The van der Waals surface area contributed by atoms with E-state index in [1.807, 2.05) is 20.8 Å². The number of hydrogen-bond acceptors (Lipinski definition) is 4. The largest absolute Gasteiger partial charge is 0.336 e. The van der Waals surface area contributed by atoms with Crippen LogP contribution in [0.5, 0.6) is 0 Å². The van der Waals surface area contributed by atoms with E-state index >= 15 is 0 Å². The average Bonchev–Trinajstić information content (AvgIpc) is 2.75. The van der Waals surface area contributed by atoms with E-state index in [0.29, 0.717) is 6.42 Å². The number of amides is 4. The highest BCUT2D eigenvalue weighted by molar-refractivity contribution is 6.09. The molecule has 2 aliphatic rings. The molecule has 1 saturated heterocycles. The number of hydrogen-bond donors (Lipinski definition) is 2. The Bertz CT molecular complexity index is 597. The van der Waals surface area contributed by atoms with Crippen LogP contribution in [0.25, 0.3) is 0 Å². The van der Waals surface area contributed by atoms with Gasteiger partial charge in [-0.2, -0.15) is 5.26 Å². The van der Waals surface area contributed by atoms with Gasteiger partial charge in [0.1, 0.15) is 17.6 Å². The third kappa shape index (κ3) is 2.97. The van der Waals surface area contributed by atoms with Crippen molar-refractivity contribution in [2.75, 3.05) is 6.54 Å². The van der Waals surface area contributed by atoms with E-state index in [2.05, 4.69) is 16.7 Å². The van der Waals surface area contributed by atoms with Gasteiger partial charge in [0, 0.05) is 0 Å². The summed E-state index contributed by atoms with van der Waals surface area (Å²) in [6.07, 6.45) is 3.42. The fourth-order valence-corrected chi connectivity index (χ4v) is 3.41. The molecular formula is C17H26N4O3. The molecule has 0 radical (unpaired) electrons. The molecule has 0 aromatic rings. The molecule has 7 heteroatoms. The standard InChI is InChI=1S/C17H26N4O3/c1-11(2)16(4,10-18)19-13(22)9-21-14(23)17(20-15(21)24)8-6-5-7-12(17)3/h11-12H,5-9H2,1-4H3,(H,19,22)(H,20,24). The molecule has 132 valence electrons. The molecule has 3 unspecified atom stereocenters. The van der Waals surface area contributed by atoms with Gasteiger partial charge in [0.2, 0.25) is 5.91 Å². The normalized spacial score (nSPS) is 29.3. The van der Waals surface area contributed by atoms with Crippen molar-refractivity contribution in [2.45, 2.75) is 64.5 Å². The van der Waals surface area contributed by atoms with Gasteiger partial charge in [-0.25, -0.2) is 4.79 Å². The molecule has 1 heterocycles. The summed E-state index contributed by atoms with van der Waals surface area (Å²) in [6.45, 7) is 6.90. The summed E-state index contributed by atoms with van der Waals surface area (Å²) >= 11 is 0. The van der Waals surface area contributed by atoms with E-state index in [-0.39, 0.29) is 24.3 Å². The van der Waals surface area contributed by atoms with E-state index in [4.69, 9.17) is 0 Å². The molecule has 0 aromatic carbocycles. The fraction of sp³-hybridized carbons (Fsp3) is 0.765.